The summed E-state index contributed by atoms with van der Waals surface area (Å²) >= 11 is 0. The third kappa shape index (κ3) is 136. The zero-order chi connectivity index (χ0) is 0. The van der Waals surface area contributed by atoms with E-state index in [2.05, 4.69) is 0 Å². The monoisotopic (exact) mass is 180 g/mol. The van der Waals surface area contributed by atoms with Gasteiger partial charge in [-0.05, 0) is 0 Å². The van der Waals surface area contributed by atoms with Gasteiger partial charge in [0.05, 0.1) is 0 Å². The Morgan fingerprint density at radius 1 is 0.333 bits per heavy atom. The molecule has 0 rings (SSSR count). The summed E-state index contributed by atoms with van der Waals surface area (Å²) in [7, 11) is 0. The van der Waals surface area contributed by atoms with Gasteiger partial charge >= 0.3 is 26.2 Å². The molecular formula is H10O5Zr+2. The summed E-state index contributed by atoms with van der Waals surface area (Å²) in [5.41, 5.74) is 0. The first-order chi connectivity index (χ1) is 0. The van der Waals surface area contributed by atoms with Crippen LogP contribution in [0.15, 0.2) is 0 Å². The van der Waals surface area contributed by atoms with Crippen molar-refractivity contribution in [2.24, 2.45) is 0 Å². The molecular weight excluding hydrogens is 171 g/mol. The summed E-state index contributed by atoms with van der Waals surface area (Å²) in [4.78, 5) is 0. The molecule has 10 N–H and O–H groups in total. The van der Waals surface area contributed by atoms with Crippen LogP contribution in [-0.2, 0) is 26.2 Å². The molecule has 0 radical (unpaired) electrons. The van der Waals surface area contributed by atoms with Crippen LogP contribution in [0.3, 0.4) is 0 Å². The van der Waals surface area contributed by atoms with Gasteiger partial charge in [-0.1, -0.05) is 0 Å². The van der Waals surface area contributed by atoms with Crippen molar-refractivity contribution in [2.45, 2.75) is 0 Å². The van der Waals surface area contributed by atoms with E-state index in [1.165, 1.54) is 0 Å². The van der Waals surface area contributed by atoms with Crippen LogP contribution in [0.25, 0.3) is 0 Å². The van der Waals surface area contributed by atoms with E-state index >= 15 is 0 Å². The predicted molar refractivity (Wildman–Crippen MR) is 18.1 cm³/mol. The van der Waals surface area contributed by atoms with Crippen molar-refractivity contribution in [2.75, 3.05) is 0 Å². The molecule has 0 amide bonds. The maximum atomic E-state index is 0. The molecule has 0 aromatic heterocycles. The van der Waals surface area contributed by atoms with Crippen molar-refractivity contribution in [3.63, 3.8) is 0 Å². The molecule has 0 saturated carbocycles. The van der Waals surface area contributed by atoms with Crippen LogP contribution >= 0.6 is 0 Å². The third-order valence-electron chi connectivity index (χ3n) is 0. The van der Waals surface area contributed by atoms with Crippen molar-refractivity contribution in [3.05, 3.63) is 0 Å². The van der Waals surface area contributed by atoms with E-state index in [-0.39, 0.29) is 53.6 Å². The van der Waals surface area contributed by atoms with Crippen LogP contribution < -0.4 is 0 Å². The zero-order valence-electron chi connectivity index (χ0n) is 3.00. The Morgan fingerprint density at radius 3 is 0.333 bits per heavy atom. The first kappa shape index (κ1) is 463. The Bertz CT molecular complexity index is 3.90. The van der Waals surface area contributed by atoms with Crippen LogP contribution in [0.4, 0.5) is 0 Å². The van der Waals surface area contributed by atoms with Crippen LogP contribution in [0, 0.1) is 0 Å². The van der Waals surface area contributed by atoms with Crippen molar-refractivity contribution >= 4 is 0 Å². The van der Waals surface area contributed by atoms with Crippen molar-refractivity contribution in [1.82, 2.24) is 0 Å². The summed E-state index contributed by atoms with van der Waals surface area (Å²) in [6.07, 6.45) is 0. The van der Waals surface area contributed by atoms with Crippen molar-refractivity contribution < 1.29 is 53.6 Å². The van der Waals surface area contributed by atoms with Gasteiger partial charge in [-0.25, -0.2) is 0 Å². The smallest absolute Gasteiger partial charge is 0.412 e. The topological polar surface area (TPSA) is 158 Å². The number of rotatable bonds is 0. The first-order valence-corrected chi connectivity index (χ1v) is 0. The molecule has 0 atom stereocenters. The molecule has 0 spiro atoms. The predicted octanol–water partition coefficient (Wildman–Crippen LogP) is -4.13. The normalized spacial score (nSPS) is 0. The van der Waals surface area contributed by atoms with Crippen molar-refractivity contribution in [1.29, 1.82) is 0 Å². The standard InChI is InChI=1S/5H2O.Zr/h5*1H2;/q;;;;;+2. The molecule has 0 heterocycles. The molecule has 0 bridgehead atoms. The molecule has 0 fully saturated rings. The second-order valence-corrected chi connectivity index (χ2v) is 0. The maximum absolute atomic E-state index is 0. The summed E-state index contributed by atoms with van der Waals surface area (Å²) in [5.74, 6) is 0. The van der Waals surface area contributed by atoms with E-state index in [1.54, 1.807) is 0 Å². The fourth-order valence-electron chi connectivity index (χ4n) is 0. The van der Waals surface area contributed by atoms with Crippen LogP contribution in [0.1, 0.15) is 0 Å². The molecule has 0 saturated heterocycles. The maximum Gasteiger partial charge on any atom is 2.00 e. The minimum absolute atomic E-state index is 0. The van der Waals surface area contributed by atoms with E-state index in [4.69, 9.17) is 0 Å². The van der Waals surface area contributed by atoms with Gasteiger partial charge in [-0.3, -0.25) is 0 Å². The second-order valence-electron chi connectivity index (χ2n) is 0. The molecule has 0 aromatic rings. The minimum Gasteiger partial charge on any atom is -0.412 e. The summed E-state index contributed by atoms with van der Waals surface area (Å²) in [6, 6.07) is 0. The Balaban J connectivity index is 0. The molecule has 42 valence electrons. The largest absolute Gasteiger partial charge is 2.00 e. The molecule has 0 unspecified atom stereocenters. The average Bonchev–Trinajstić information content (AvgIpc) is 0. The Labute approximate surface area is 54.0 Å². The third-order valence-corrected chi connectivity index (χ3v) is 0. The van der Waals surface area contributed by atoms with Gasteiger partial charge in [-0.2, -0.15) is 0 Å². The Kier molecular flexibility index (Phi) is 20600. The summed E-state index contributed by atoms with van der Waals surface area (Å²) < 4.78 is 0. The quantitative estimate of drug-likeness (QED) is 0.355. The van der Waals surface area contributed by atoms with Gasteiger partial charge in [-0.15, -0.1) is 0 Å². The molecule has 0 aliphatic carbocycles. The zero-order valence-corrected chi connectivity index (χ0v) is 5.46. The fraction of sp³-hybridized carbons (Fsp3) is 0. The fourth-order valence-corrected chi connectivity index (χ4v) is 0. The minimum atomic E-state index is 0. The average molecular weight is 181 g/mol. The van der Waals surface area contributed by atoms with Gasteiger partial charge in [0.15, 0.2) is 0 Å². The van der Waals surface area contributed by atoms with Gasteiger partial charge in [0.2, 0.25) is 0 Å². The molecule has 0 aliphatic heterocycles. The molecule has 5 nitrogen and oxygen atoms in total. The summed E-state index contributed by atoms with van der Waals surface area (Å²) in [6.45, 7) is 0. The second kappa shape index (κ2) is 267. The van der Waals surface area contributed by atoms with E-state index in [0.717, 1.165) is 0 Å². The molecule has 0 aromatic carbocycles. The van der Waals surface area contributed by atoms with Crippen molar-refractivity contribution in [3.8, 4) is 0 Å². The molecule has 6 heteroatoms. The van der Waals surface area contributed by atoms with Gasteiger partial charge in [0.1, 0.15) is 0 Å². The Morgan fingerprint density at radius 2 is 0.333 bits per heavy atom. The van der Waals surface area contributed by atoms with Crippen LogP contribution in [-0.4, -0.2) is 27.4 Å². The molecule has 6 heavy (non-hydrogen) atoms. The first-order valence-electron chi connectivity index (χ1n) is 0. The van der Waals surface area contributed by atoms with Crippen LogP contribution in [0.2, 0.25) is 0 Å². The van der Waals surface area contributed by atoms with Gasteiger partial charge in [0.25, 0.3) is 0 Å². The van der Waals surface area contributed by atoms with Crippen LogP contribution in [0.5, 0.6) is 0 Å². The van der Waals surface area contributed by atoms with E-state index < -0.39 is 0 Å². The SMILES string of the molecule is O.O.O.O.O.[Zr+2]. The molecule has 0 aliphatic rings. The van der Waals surface area contributed by atoms with Gasteiger partial charge < -0.3 is 27.4 Å². The summed E-state index contributed by atoms with van der Waals surface area (Å²) in [5, 5.41) is 0. The van der Waals surface area contributed by atoms with Gasteiger partial charge in [0, 0.05) is 0 Å². The van der Waals surface area contributed by atoms with E-state index in [9.17, 15) is 0 Å². The van der Waals surface area contributed by atoms with E-state index in [0.29, 0.717) is 0 Å². The number of hydrogen-bond donors (Lipinski definition) is 0. The number of hydrogen-bond acceptors (Lipinski definition) is 0. The van der Waals surface area contributed by atoms with E-state index in [1.807, 2.05) is 0 Å². The Hall–Kier alpha value is 0.683.